The predicted molar refractivity (Wildman–Crippen MR) is 62.2 cm³/mol. The molecule has 1 aliphatic rings. The number of hydrogen-bond donors (Lipinski definition) is 1. The summed E-state index contributed by atoms with van der Waals surface area (Å²) in [5, 5.41) is 0. The van der Waals surface area contributed by atoms with Crippen LogP contribution in [0.2, 0.25) is 0 Å². The fraction of sp³-hybridized carbons (Fsp3) is 0.833. The van der Waals surface area contributed by atoms with E-state index in [-0.39, 0.29) is 0 Å². The standard InChI is InChI=1S/C12H24N2/c1-4-5-10(2)14(3)9-11-6-7-12(13)8-11/h6-7,10-12H,4-5,8-9,13H2,1-3H3. The van der Waals surface area contributed by atoms with E-state index >= 15 is 0 Å². The minimum atomic E-state index is 0.301. The summed E-state index contributed by atoms with van der Waals surface area (Å²) >= 11 is 0. The fourth-order valence-electron chi connectivity index (χ4n) is 2.13. The molecule has 0 radical (unpaired) electrons. The Morgan fingerprint density at radius 1 is 1.50 bits per heavy atom. The van der Waals surface area contributed by atoms with Crippen LogP contribution in [0.1, 0.15) is 33.1 Å². The molecule has 14 heavy (non-hydrogen) atoms. The molecule has 1 aliphatic carbocycles. The molecule has 0 fully saturated rings. The van der Waals surface area contributed by atoms with Gasteiger partial charge in [-0.1, -0.05) is 25.5 Å². The molecule has 0 saturated heterocycles. The van der Waals surface area contributed by atoms with Crippen molar-refractivity contribution < 1.29 is 0 Å². The van der Waals surface area contributed by atoms with E-state index in [0.29, 0.717) is 18.0 Å². The quantitative estimate of drug-likeness (QED) is 0.682. The van der Waals surface area contributed by atoms with Crippen LogP contribution >= 0.6 is 0 Å². The first-order valence-corrected chi connectivity index (χ1v) is 5.77. The number of nitrogens with two attached hydrogens (primary N) is 1. The summed E-state index contributed by atoms with van der Waals surface area (Å²) in [7, 11) is 2.22. The maximum absolute atomic E-state index is 5.83. The molecule has 2 N–H and O–H groups in total. The Kier molecular flexibility index (Phi) is 4.63. The van der Waals surface area contributed by atoms with E-state index in [1.165, 1.54) is 12.8 Å². The Hall–Kier alpha value is -0.340. The smallest absolute Gasteiger partial charge is 0.0229 e. The Bertz CT molecular complexity index is 189. The lowest BCUT2D eigenvalue weighted by Crippen LogP contribution is -2.33. The number of nitrogens with zero attached hydrogens (tertiary/aromatic N) is 1. The third kappa shape index (κ3) is 3.43. The largest absolute Gasteiger partial charge is 0.324 e. The van der Waals surface area contributed by atoms with Crippen molar-refractivity contribution in [1.82, 2.24) is 4.90 Å². The van der Waals surface area contributed by atoms with Crippen LogP contribution in [0.25, 0.3) is 0 Å². The van der Waals surface area contributed by atoms with Gasteiger partial charge in [-0.3, -0.25) is 0 Å². The first kappa shape index (κ1) is 11.7. The van der Waals surface area contributed by atoms with Crippen LogP contribution in [0.5, 0.6) is 0 Å². The van der Waals surface area contributed by atoms with Crippen LogP contribution in [-0.2, 0) is 0 Å². The van der Waals surface area contributed by atoms with Crippen LogP contribution in [-0.4, -0.2) is 30.6 Å². The van der Waals surface area contributed by atoms with Crippen molar-refractivity contribution in [2.24, 2.45) is 11.7 Å². The zero-order valence-corrected chi connectivity index (χ0v) is 9.74. The van der Waals surface area contributed by atoms with Gasteiger partial charge in [0.05, 0.1) is 0 Å². The first-order chi connectivity index (χ1) is 6.63. The first-order valence-electron chi connectivity index (χ1n) is 5.77. The van der Waals surface area contributed by atoms with Crippen molar-refractivity contribution >= 4 is 0 Å². The molecule has 0 saturated carbocycles. The zero-order chi connectivity index (χ0) is 10.6. The highest BCUT2D eigenvalue weighted by molar-refractivity contribution is 5.05. The van der Waals surface area contributed by atoms with Gasteiger partial charge in [0.15, 0.2) is 0 Å². The van der Waals surface area contributed by atoms with Crippen molar-refractivity contribution in [2.75, 3.05) is 13.6 Å². The summed E-state index contributed by atoms with van der Waals surface area (Å²) in [6, 6.07) is 1.00. The molecule has 3 atom stereocenters. The third-order valence-corrected chi connectivity index (χ3v) is 3.19. The molecule has 3 unspecified atom stereocenters. The predicted octanol–water partition coefficient (Wildman–Crippen LogP) is 2.01. The minimum absolute atomic E-state index is 0.301. The molecule has 2 heteroatoms. The maximum atomic E-state index is 5.83. The molecule has 1 rings (SSSR count). The molecular formula is C12H24N2. The van der Waals surface area contributed by atoms with Gasteiger partial charge in [-0.2, -0.15) is 0 Å². The lowest BCUT2D eigenvalue weighted by molar-refractivity contribution is 0.221. The molecule has 2 nitrogen and oxygen atoms in total. The Morgan fingerprint density at radius 3 is 2.71 bits per heavy atom. The van der Waals surface area contributed by atoms with Gasteiger partial charge >= 0.3 is 0 Å². The van der Waals surface area contributed by atoms with E-state index in [1.807, 2.05) is 0 Å². The summed E-state index contributed by atoms with van der Waals surface area (Å²) in [5.41, 5.74) is 5.83. The van der Waals surface area contributed by atoms with Gasteiger partial charge in [0, 0.05) is 18.6 Å². The van der Waals surface area contributed by atoms with Crippen LogP contribution < -0.4 is 5.73 Å². The molecule has 0 aromatic rings. The molecule has 82 valence electrons. The zero-order valence-electron chi connectivity index (χ0n) is 9.74. The molecule has 0 bridgehead atoms. The van der Waals surface area contributed by atoms with E-state index in [1.54, 1.807) is 0 Å². The summed E-state index contributed by atoms with van der Waals surface area (Å²) < 4.78 is 0. The third-order valence-electron chi connectivity index (χ3n) is 3.19. The number of hydrogen-bond acceptors (Lipinski definition) is 2. The van der Waals surface area contributed by atoms with E-state index in [9.17, 15) is 0 Å². The average molecular weight is 196 g/mol. The molecule has 0 amide bonds. The lowest BCUT2D eigenvalue weighted by Gasteiger charge is -2.26. The molecule has 0 heterocycles. The Balaban J connectivity index is 2.26. The monoisotopic (exact) mass is 196 g/mol. The summed E-state index contributed by atoms with van der Waals surface area (Å²) in [6.45, 7) is 5.71. The van der Waals surface area contributed by atoms with E-state index in [4.69, 9.17) is 5.73 Å². The lowest BCUT2D eigenvalue weighted by atomic mass is 10.1. The van der Waals surface area contributed by atoms with E-state index in [2.05, 4.69) is 37.9 Å². The van der Waals surface area contributed by atoms with Crippen molar-refractivity contribution in [1.29, 1.82) is 0 Å². The summed E-state index contributed by atoms with van der Waals surface area (Å²) in [5.74, 6) is 0.675. The Morgan fingerprint density at radius 2 is 2.21 bits per heavy atom. The van der Waals surface area contributed by atoms with Gasteiger partial charge in [0.1, 0.15) is 0 Å². The highest BCUT2D eigenvalue weighted by Gasteiger charge is 2.18. The van der Waals surface area contributed by atoms with Crippen molar-refractivity contribution in [3.05, 3.63) is 12.2 Å². The molecule has 0 aromatic carbocycles. The van der Waals surface area contributed by atoms with Gasteiger partial charge in [-0.15, -0.1) is 0 Å². The normalized spacial score (nSPS) is 28.6. The van der Waals surface area contributed by atoms with Gasteiger partial charge < -0.3 is 10.6 Å². The van der Waals surface area contributed by atoms with Crippen molar-refractivity contribution in [3.8, 4) is 0 Å². The minimum Gasteiger partial charge on any atom is -0.324 e. The van der Waals surface area contributed by atoms with Gasteiger partial charge in [0.2, 0.25) is 0 Å². The second-order valence-electron chi connectivity index (χ2n) is 4.62. The second kappa shape index (κ2) is 5.52. The maximum Gasteiger partial charge on any atom is 0.0229 e. The molecule has 0 aromatic heterocycles. The summed E-state index contributed by atoms with van der Waals surface area (Å²) in [6.07, 6.45) is 8.11. The van der Waals surface area contributed by atoms with Crippen molar-refractivity contribution in [3.63, 3.8) is 0 Å². The van der Waals surface area contributed by atoms with Gasteiger partial charge in [-0.05, 0) is 32.7 Å². The highest BCUT2D eigenvalue weighted by Crippen LogP contribution is 2.18. The SMILES string of the molecule is CCCC(C)N(C)CC1C=CC(N)C1. The van der Waals surface area contributed by atoms with Gasteiger partial charge in [-0.25, -0.2) is 0 Å². The van der Waals surface area contributed by atoms with Crippen LogP contribution in [0.15, 0.2) is 12.2 Å². The van der Waals surface area contributed by atoms with E-state index in [0.717, 1.165) is 13.0 Å². The van der Waals surface area contributed by atoms with E-state index < -0.39 is 0 Å². The Labute approximate surface area is 88.2 Å². The van der Waals surface area contributed by atoms with Crippen LogP contribution in [0.3, 0.4) is 0 Å². The van der Waals surface area contributed by atoms with Crippen LogP contribution in [0.4, 0.5) is 0 Å². The average Bonchev–Trinajstić information content (AvgIpc) is 2.51. The van der Waals surface area contributed by atoms with Crippen molar-refractivity contribution in [2.45, 2.75) is 45.2 Å². The topological polar surface area (TPSA) is 29.3 Å². The second-order valence-corrected chi connectivity index (χ2v) is 4.62. The molecular weight excluding hydrogens is 172 g/mol. The van der Waals surface area contributed by atoms with Crippen LogP contribution in [0, 0.1) is 5.92 Å². The highest BCUT2D eigenvalue weighted by atomic mass is 15.1. The summed E-state index contributed by atoms with van der Waals surface area (Å²) in [4.78, 5) is 2.45. The van der Waals surface area contributed by atoms with Gasteiger partial charge in [0.25, 0.3) is 0 Å². The molecule has 0 aliphatic heterocycles. The fourth-order valence-corrected chi connectivity index (χ4v) is 2.13. The molecule has 0 spiro atoms. The number of rotatable bonds is 5.